The minimum Gasteiger partial charge on any atom is -0.444 e. The van der Waals surface area contributed by atoms with Crippen LogP contribution in [0.5, 0.6) is 0 Å². The van der Waals surface area contributed by atoms with E-state index < -0.39 is 0 Å². The first kappa shape index (κ1) is 21.8. The van der Waals surface area contributed by atoms with Gasteiger partial charge in [0.2, 0.25) is 5.89 Å². The normalized spacial score (nSPS) is 15.1. The number of anilines is 1. The summed E-state index contributed by atoms with van der Waals surface area (Å²) >= 11 is 0. The van der Waals surface area contributed by atoms with Crippen molar-refractivity contribution in [1.29, 1.82) is 0 Å². The zero-order valence-electron chi connectivity index (χ0n) is 18.3. The van der Waals surface area contributed by atoms with Crippen LogP contribution in [0.15, 0.2) is 70.3 Å². The van der Waals surface area contributed by atoms with Gasteiger partial charge in [0, 0.05) is 57.6 Å². The maximum absolute atomic E-state index is 13.1. The van der Waals surface area contributed by atoms with Gasteiger partial charge >= 0.3 is 0 Å². The van der Waals surface area contributed by atoms with Crippen molar-refractivity contribution in [2.75, 3.05) is 51.2 Å². The number of rotatable bonds is 7. The fourth-order valence-corrected chi connectivity index (χ4v) is 3.71. The van der Waals surface area contributed by atoms with Gasteiger partial charge in [0.05, 0.1) is 12.2 Å². The van der Waals surface area contributed by atoms with Gasteiger partial charge in [-0.3, -0.25) is 9.89 Å². The number of hydrogen-bond acceptors (Lipinski definition) is 5. The fraction of sp³-hybridized carbons (Fsp3) is 0.333. The average molecular weight is 437 g/mol. The summed E-state index contributed by atoms with van der Waals surface area (Å²) < 4.78 is 18.7. The van der Waals surface area contributed by atoms with Crippen molar-refractivity contribution in [3.8, 4) is 11.5 Å². The quantitative estimate of drug-likeness (QED) is 0.438. The zero-order chi connectivity index (χ0) is 22.2. The van der Waals surface area contributed by atoms with E-state index in [9.17, 15) is 4.39 Å². The molecule has 2 aromatic carbocycles. The van der Waals surface area contributed by atoms with E-state index in [0.717, 1.165) is 62.2 Å². The van der Waals surface area contributed by atoms with Gasteiger partial charge in [0.15, 0.2) is 5.96 Å². The summed E-state index contributed by atoms with van der Waals surface area (Å²) in [7, 11) is 1.76. The third kappa shape index (κ3) is 5.85. The van der Waals surface area contributed by atoms with Gasteiger partial charge in [-0.2, -0.15) is 0 Å². The van der Waals surface area contributed by atoms with Crippen LogP contribution in [0.2, 0.25) is 0 Å². The number of oxazole rings is 1. The first-order valence-electron chi connectivity index (χ1n) is 10.9. The molecule has 1 saturated heterocycles. The molecule has 8 heteroatoms. The molecular formula is C24H29FN6O. The summed E-state index contributed by atoms with van der Waals surface area (Å²) in [6.07, 6.45) is 1.67. The van der Waals surface area contributed by atoms with Crippen LogP contribution in [0.1, 0.15) is 5.69 Å². The molecule has 1 aromatic heterocycles. The highest BCUT2D eigenvalue weighted by Crippen LogP contribution is 2.18. The molecule has 0 bridgehead atoms. The lowest BCUT2D eigenvalue weighted by Gasteiger charge is -2.36. The number of piperazine rings is 1. The Kier molecular flexibility index (Phi) is 7.34. The largest absolute Gasteiger partial charge is 0.444 e. The molecule has 0 amide bonds. The Morgan fingerprint density at radius 1 is 1.03 bits per heavy atom. The highest BCUT2D eigenvalue weighted by Gasteiger charge is 2.17. The molecule has 168 valence electrons. The van der Waals surface area contributed by atoms with Crippen LogP contribution in [0.25, 0.3) is 11.5 Å². The lowest BCUT2D eigenvalue weighted by molar-refractivity contribution is 0.261. The van der Waals surface area contributed by atoms with Crippen LogP contribution >= 0.6 is 0 Å². The van der Waals surface area contributed by atoms with Crippen LogP contribution in [0, 0.1) is 5.82 Å². The Balaban J connectivity index is 1.16. The molecule has 2 heterocycles. The molecule has 0 radical (unpaired) electrons. The van der Waals surface area contributed by atoms with Gasteiger partial charge in [-0.25, -0.2) is 9.37 Å². The second-order valence-corrected chi connectivity index (χ2v) is 7.67. The van der Waals surface area contributed by atoms with Crippen molar-refractivity contribution in [3.63, 3.8) is 0 Å². The highest BCUT2D eigenvalue weighted by molar-refractivity contribution is 5.79. The zero-order valence-corrected chi connectivity index (χ0v) is 18.3. The molecule has 7 nitrogen and oxygen atoms in total. The number of hydrogen-bond donors (Lipinski definition) is 2. The van der Waals surface area contributed by atoms with Crippen molar-refractivity contribution < 1.29 is 8.81 Å². The lowest BCUT2D eigenvalue weighted by Crippen LogP contribution is -2.49. The molecular weight excluding hydrogens is 407 g/mol. The number of benzene rings is 2. The number of guanidine groups is 1. The molecule has 0 atom stereocenters. The van der Waals surface area contributed by atoms with Crippen molar-refractivity contribution in [2.45, 2.75) is 6.54 Å². The molecule has 0 saturated carbocycles. The third-order valence-electron chi connectivity index (χ3n) is 5.52. The van der Waals surface area contributed by atoms with E-state index in [1.54, 1.807) is 13.3 Å². The summed E-state index contributed by atoms with van der Waals surface area (Å²) in [5, 5.41) is 6.64. The highest BCUT2D eigenvalue weighted by atomic mass is 19.1. The van der Waals surface area contributed by atoms with Crippen molar-refractivity contribution in [1.82, 2.24) is 20.5 Å². The van der Waals surface area contributed by atoms with Crippen molar-refractivity contribution in [3.05, 3.63) is 72.4 Å². The van der Waals surface area contributed by atoms with E-state index in [0.29, 0.717) is 12.4 Å². The molecule has 4 rings (SSSR count). The van der Waals surface area contributed by atoms with E-state index in [1.807, 2.05) is 42.5 Å². The molecule has 0 aliphatic carbocycles. The summed E-state index contributed by atoms with van der Waals surface area (Å²) in [6.45, 7) is 6.10. The molecule has 0 unspecified atom stereocenters. The topological polar surface area (TPSA) is 68.9 Å². The van der Waals surface area contributed by atoms with E-state index in [1.165, 1.54) is 12.1 Å². The van der Waals surface area contributed by atoms with Gasteiger partial charge in [0.1, 0.15) is 12.1 Å². The first-order valence-corrected chi connectivity index (χ1v) is 10.9. The van der Waals surface area contributed by atoms with E-state index in [2.05, 4.69) is 30.4 Å². The molecule has 1 fully saturated rings. The number of aliphatic imine (C=N–C) groups is 1. The van der Waals surface area contributed by atoms with Gasteiger partial charge in [-0.05, 0) is 36.4 Å². The Labute approximate surface area is 188 Å². The summed E-state index contributed by atoms with van der Waals surface area (Å²) in [4.78, 5) is 13.5. The fourth-order valence-electron chi connectivity index (χ4n) is 3.71. The SMILES string of the molecule is CN=C(NCCN1CCN(c2ccc(F)cc2)CC1)NCc1coc(-c2ccccc2)n1. The first-order chi connectivity index (χ1) is 15.7. The number of nitrogens with zero attached hydrogens (tertiary/aromatic N) is 4. The van der Waals surface area contributed by atoms with Gasteiger partial charge in [-0.15, -0.1) is 0 Å². The minimum atomic E-state index is -0.194. The Morgan fingerprint density at radius 2 is 1.78 bits per heavy atom. The standard InChI is InChI=1S/C24H29FN6O/c1-26-24(28-17-21-18-32-23(29-21)19-5-3-2-4-6-19)27-11-12-30-13-15-31(16-14-30)22-9-7-20(25)8-10-22/h2-10,18H,11-17H2,1H3,(H2,26,27,28). The number of halogens is 1. The Hall–Kier alpha value is -3.39. The minimum absolute atomic E-state index is 0.194. The smallest absolute Gasteiger partial charge is 0.226 e. The third-order valence-corrected chi connectivity index (χ3v) is 5.52. The average Bonchev–Trinajstić information content (AvgIpc) is 3.32. The van der Waals surface area contributed by atoms with E-state index >= 15 is 0 Å². The number of aromatic nitrogens is 1. The van der Waals surface area contributed by atoms with Crippen molar-refractivity contribution >= 4 is 11.6 Å². The molecule has 32 heavy (non-hydrogen) atoms. The maximum Gasteiger partial charge on any atom is 0.226 e. The molecule has 1 aliphatic rings. The Morgan fingerprint density at radius 3 is 2.50 bits per heavy atom. The lowest BCUT2D eigenvalue weighted by atomic mass is 10.2. The predicted octanol–water partition coefficient (Wildman–Crippen LogP) is 2.97. The summed E-state index contributed by atoms with van der Waals surface area (Å²) in [5.74, 6) is 1.16. The second-order valence-electron chi connectivity index (χ2n) is 7.67. The molecule has 2 N–H and O–H groups in total. The summed E-state index contributed by atoms with van der Waals surface area (Å²) in [5.41, 5.74) is 2.86. The maximum atomic E-state index is 13.1. The van der Waals surface area contributed by atoms with Gasteiger partial charge < -0.3 is 20.0 Å². The van der Waals surface area contributed by atoms with Gasteiger partial charge in [-0.1, -0.05) is 18.2 Å². The number of nitrogens with one attached hydrogen (secondary N) is 2. The predicted molar refractivity (Wildman–Crippen MR) is 125 cm³/mol. The van der Waals surface area contributed by atoms with E-state index in [-0.39, 0.29) is 5.82 Å². The Bertz CT molecular complexity index is 997. The van der Waals surface area contributed by atoms with Gasteiger partial charge in [0.25, 0.3) is 0 Å². The second kappa shape index (κ2) is 10.8. The van der Waals surface area contributed by atoms with Crippen LogP contribution in [-0.2, 0) is 6.54 Å². The summed E-state index contributed by atoms with van der Waals surface area (Å²) in [6, 6.07) is 16.6. The van der Waals surface area contributed by atoms with Crippen LogP contribution in [0.4, 0.5) is 10.1 Å². The molecule has 3 aromatic rings. The van der Waals surface area contributed by atoms with Crippen LogP contribution in [-0.4, -0.2) is 62.2 Å². The molecule has 0 spiro atoms. The van der Waals surface area contributed by atoms with Crippen LogP contribution in [0.3, 0.4) is 0 Å². The van der Waals surface area contributed by atoms with Crippen molar-refractivity contribution in [2.24, 2.45) is 4.99 Å². The monoisotopic (exact) mass is 436 g/mol. The van der Waals surface area contributed by atoms with E-state index in [4.69, 9.17) is 4.42 Å². The molecule has 1 aliphatic heterocycles. The van der Waals surface area contributed by atoms with Crippen LogP contribution < -0.4 is 15.5 Å².